The van der Waals surface area contributed by atoms with Gasteiger partial charge in [-0.2, -0.15) is 0 Å². The van der Waals surface area contributed by atoms with Gasteiger partial charge in [-0.3, -0.25) is 4.79 Å². The number of hydrogen-bond donors (Lipinski definition) is 0. The molecule has 0 spiro atoms. The van der Waals surface area contributed by atoms with Gasteiger partial charge in [-0.25, -0.2) is 0 Å². The first kappa shape index (κ1) is 11.3. The van der Waals surface area contributed by atoms with Gasteiger partial charge in [0.15, 0.2) is 5.78 Å². The van der Waals surface area contributed by atoms with Crippen LogP contribution in [0.2, 0.25) is 0 Å². The molecular formula is C7H9Cl3O. The van der Waals surface area contributed by atoms with Gasteiger partial charge < -0.3 is 0 Å². The quantitative estimate of drug-likeness (QED) is 0.522. The Morgan fingerprint density at radius 2 is 2.00 bits per heavy atom. The lowest BCUT2D eigenvalue weighted by Gasteiger charge is -2.06. The van der Waals surface area contributed by atoms with Gasteiger partial charge in [0.05, 0.1) is 0 Å². The predicted octanol–water partition coefficient (Wildman–Crippen LogP) is 3.28. The highest BCUT2D eigenvalue weighted by molar-refractivity contribution is 6.76. The fourth-order valence-electron chi connectivity index (χ4n) is 0.523. The molecule has 0 heterocycles. The molecule has 11 heavy (non-hydrogen) atoms. The van der Waals surface area contributed by atoms with E-state index in [1.54, 1.807) is 0 Å². The van der Waals surface area contributed by atoms with E-state index >= 15 is 0 Å². The second-order valence-corrected chi connectivity index (χ2v) is 4.31. The minimum atomic E-state index is -1.75. The zero-order valence-corrected chi connectivity index (χ0v) is 8.38. The molecule has 0 saturated carbocycles. The monoisotopic (exact) mass is 214 g/mol. The van der Waals surface area contributed by atoms with Crippen molar-refractivity contribution in [3.8, 4) is 0 Å². The van der Waals surface area contributed by atoms with Crippen LogP contribution in [-0.4, -0.2) is 9.58 Å². The molecule has 0 aromatic heterocycles. The number of allylic oxidation sites excluding steroid dienone is 2. The van der Waals surface area contributed by atoms with E-state index < -0.39 is 3.79 Å². The van der Waals surface area contributed by atoms with E-state index in [2.05, 4.69) is 0 Å². The van der Waals surface area contributed by atoms with Gasteiger partial charge in [0.2, 0.25) is 3.79 Å². The van der Waals surface area contributed by atoms with Gasteiger partial charge in [0.25, 0.3) is 0 Å². The Labute approximate surface area is 81.3 Å². The molecule has 0 unspecified atom stereocenters. The Bertz CT molecular complexity index is 158. The molecule has 0 N–H and O–H groups in total. The van der Waals surface area contributed by atoms with Crippen LogP contribution >= 0.6 is 34.8 Å². The zero-order chi connectivity index (χ0) is 8.91. The molecule has 0 aromatic carbocycles. The van der Waals surface area contributed by atoms with Crippen LogP contribution in [0.1, 0.15) is 19.8 Å². The number of alkyl halides is 3. The maximum absolute atomic E-state index is 10.9. The van der Waals surface area contributed by atoms with Crippen LogP contribution in [0.15, 0.2) is 12.2 Å². The van der Waals surface area contributed by atoms with Crippen LogP contribution in [0.3, 0.4) is 0 Å². The summed E-state index contributed by atoms with van der Waals surface area (Å²) in [6.45, 7) is 1.87. The van der Waals surface area contributed by atoms with E-state index in [0.717, 1.165) is 0 Å². The van der Waals surface area contributed by atoms with Gasteiger partial charge >= 0.3 is 0 Å². The van der Waals surface area contributed by atoms with Gasteiger partial charge in [0, 0.05) is 6.42 Å². The van der Waals surface area contributed by atoms with Crippen molar-refractivity contribution in [2.24, 2.45) is 0 Å². The van der Waals surface area contributed by atoms with Crippen molar-refractivity contribution in [3.63, 3.8) is 0 Å². The largest absolute Gasteiger partial charge is 0.295 e. The van der Waals surface area contributed by atoms with E-state index in [1.165, 1.54) is 0 Å². The van der Waals surface area contributed by atoms with Gasteiger partial charge in [-0.05, 0) is 13.3 Å². The summed E-state index contributed by atoms with van der Waals surface area (Å²) in [5, 5.41) is 0. The number of Topliss-reactive ketones (excluding diaryl/α,β-unsaturated/α-hetero) is 1. The molecule has 0 aromatic rings. The fourth-order valence-corrected chi connectivity index (χ4v) is 0.806. The first-order chi connectivity index (χ1) is 4.98. The van der Waals surface area contributed by atoms with Crippen LogP contribution in [0.4, 0.5) is 0 Å². The predicted molar refractivity (Wildman–Crippen MR) is 49.3 cm³/mol. The van der Waals surface area contributed by atoms with Gasteiger partial charge in [-0.1, -0.05) is 47.0 Å². The van der Waals surface area contributed by atoms with Crippen LogP contribution < -0.4 is 0 Å². The Balaban J connectivity index is 3.71. The van der Waals surface area contributed by atoms with E-state index in [0.29, 0.717) is 6.42 Å². The topological polar surface area (TPSA) is 17.1 Å². The first-order valence-electron chi connectivity index (χ1n) is 3.19. The van der Waals surface area contributed by atoms with Crippen molar-refractivity contribution >= 4 is 40.6 Å². The summed E-state index contributed by atoms with van der Waals surface area (Å²) in [6, 6.07) is 0. The molecule has 0 rings (SSSR count). The van der Waals surface area contributed by atoms with Crippen molar-refractivity contribution in [1.82, 2.24) is 0 Å². The number of halogens is 3. The molecule has 0 amide bonds. The average molecular weight is 216 g/mol. The molecule has 1 nitrogen and oxygen atoms in total. The molecule has 0 aliphatic heterocycles. The van der Waals surface area contributed by atoms with Crippen LogP contribution in [0.5, 0.6) is 0 Å². The smallest absolute Gasteiger partial charge is 0.248 e. The lowest BCUT2D eigenvalue weighted by Crippen LogP contribution is -2.17. The Kier molecular flexibility index (Phi) is 5.15. The molecule has 0 fully saturated rings. The van der Waals surface area contributed by atoms with Crippen molar-refractivity contribution in [2.45, 2.75) is 23.6 Å². The van der Waals surface area contributed by atoms with Crippen molar-refractivity contribution in [3.05, 3.63) is 12.2 Å². The van der Waals surface area contributed by atoms with Crippen molar-refractivity contribution < 1.29 is 4.79 Å². The summed E-state index contributed by atoms with van der Waals surface area (Å²) in [5.41, 5.74) is 0. The lowest BCUT2D eigenvalue weighted by atomic mass is 10.2. The Hall–Kier alpha value is 0.280. The second kappa shape index (κ2) is 5.02. The number of ketones is 1. The number of carbonyl (C=O) groups is 1. The fraction of sp³-hybridized carbons (Fsp3) is 0.571. The van der Waals surface area contributed by atoms with Crippen molar-refractivity contribution in [1.29, 1.82) is 0 Å². The van der Waals surface area contributed by atoms with Gasteiger partial charge in [0.1, 0.15) is 0 Å². The summed E-state index contributed by atoms with van der Waals surface area (Å²) in [5.74, 6) is -0.361. The molecule has 0 aliphatic rings. The number of rotatable bonds is 3. The normalized spacial score (nSPS) is 12.4. The maximum atomic E-state index is 10.9. The SMILES string of the molecule is C/C=C/CCC(=O)C(Cl)(Cl)Cl. The molecule has 4 heteroatoms. The van der Waals surface area contributed by atoms with E-state index in [1.807, 2.05) is 19.1 Å². The minimum absolute atomic E-state index is 0.279. The van der Waals surface area contributed by atoms with Gasteiger partial charge in [-0.15, -0.1) is 0 Å². The summed E-state index contributed by atoms with van der Waals surface area (Å²) in [4.78, 5) is 10.9. The first-order valence-corrected chi connectivity index (χ1v) is 4.33. The molecule has 0 aliphatic carbocycles. The highest BCUT2D eigenvalue weighted by atomic mass is 35.6. The molecule has 0 atom stereocenters. The molecule has 64 valence electrons. The maximum Gasteiger partial charge on any atom is 0.248 e. The Morgan fingerprint density at radius 1 is 1.45 bits per heavy atom. The molecule has 0 bridgehead atoms. The Morgan fingerprint density at radius 3 is 2.36 bits per heavy atom. The van der Waals surface area contributed by atoms with Crippen LogP contribution in [-0.2, 0) is 4.79 Å². The minimum Gasteiger partial charge on any atom is -0.295 e. The average Bonchev–Trinajstić information content (AvgIpc) is 1.86. The summed E-state index contributed by atoms with van der Waals surface area (Å²) >= 11 is 16.0. The third kappa shape index (κ3) is 5.54. The second-order valence-electron chi connectivity index (χ2n) is 2.03. The molecule has 0 radical (unpaired) electrons. The third-order valence-corrected chi connectivity index (χ3v) is 1.72. The summed E-state index contributed by atoms with van der Waals surface area (Å²) in [7, 11) is 0. The lowest BCUT2D eigenvalue weighted by molar-refractivity contribution is -0.118. The highest BCUT2D eigenvalue weighted by Crippen LogP contribution is 2.28. The summed E-state index contributed by atoms with van der Waals surface area (Å²) < 4.78 is -1.75. The van der Waals surface area contributed by atoms with Crippen LogP contribution in [0, 0.1) is 0 Å². The van der Waals surface area contributed by atoms with Crippen molar-refractivity contribution in [2.75, 3.05) is 0 Å². The van der Waals surface area contributed by atoms with Crippen LogP contribution in [0.25, 0.3) is 0 Å². The third-order valence-electron chi connectivity index (χ3n) is 1.09. The summed E-state index contributed by atoms with van der Waals surface area (Å²) in [6.07, 6.45) is 4.62. The molecular weight excluding hydrogens is 206 g/mol. The van der Waals surface area contributed by atoms with E-state index in [-0.39, 0.29) is 12.2 Å². The molecule has 0 saturated heterocycles. The number of hydrogen-bond acceptors (Lipinski definition) is 1. The highest BCUT2D eigenvalue weighted by Gasteiger charge is 2.28. The standard InChI is InChI=1S/C7H9Cl3O/c1-2-3-4-5-6(11)7(8,9)10/h2-3H,4-5H2,1H3/b3-2+. The van der Waals surface area contributed by atoms with E-state index in [4.69, 9.17) is 34.8 Å². The zero-order valence-electron chi connectivity index (χ0n) is 6.11. The number of carbonyl (C=O) groups excluding carboxylic acids is 1. The van der Waals surface area contributed by atoms with E-state index in [9.17, 15) is 4.79 Å².